The first kappa shape index (κ1) is 14.1. The number of aryl methyl sites for hydroxylation is 2. The van der Waals surface area contributed by atoms with Crippen LogP contribution in [0, 0.1) is 13.8 Å². The molecule has 1 amide bonds. The highest BCUT2D eigenvalue weighted by atomic mass is 16.2. The molecule has 0 atom stereocenters. The van der Waals surface area contributed by atoms with E-state index in [1.54, 1.807) is 4.68 Å². The maximum atomic E-state index is 12.7. The average molecular weight is 308 g/mol. The van der Waals surface area contributed by atoms with Crippen LogP contribution in [0.15, 0.2) is 30.3 Å². The Morgan fingerprint density at radius 3 is 2.91 bits per heavy atom. The minimum Gasteiger partial charge on any atom is -0.358 e. The number of rotatable bonds is 2. The van der Waals surface area contributed by atoms with Gasteiger partial charge in [-0.05, 0) is 26.0 Å². The van der Waals surface area contributed by atoms with Crippen molar-refractivity contribution in [2.75, 3.05) is 6.54 Å². The van der Waals surface area contributed by atoms with E-state index in [2.05, 4.69) is 22.2 Å². The van der Waals surface area contributed by atoms with Crippen molar-refractivity contribution in [2.24, 2.45) is 0 Å². The first-order valence-corrected chi connectivity index (χ1v) is 7.99. The zero-order chi connectivity index (χ0) is 16.0. The third-order valence-electron chi connectivity index (χ3n) is 4.62. The Kier molecular flexibility index (Phi) is 3.22. The summed E-state index contributed by atoms with van der Waals surface area (Å²) in [5.74, 6) is 0.132. The van der Waals surface area contributed by atoms with Gasteiger partial charge in [-0.25, -0.2) is 0 Å². The standard InChI is InChI=1S/C18H20N4O/c1-12-9-13(2)22(20-12)11-18(23)21-8-7-17-15(10-21)14-5-3-4-6-16(14)19-17/h3-6,9,19H,7-8,10-11H2,1-2H3. The Morgan fingerprint density at radius 2 is 2.13 bits per heavy atom. The summed E-state index contributed by atoms with van der Waals surface area (Å²) in [6.45, 7) is 5.70. The van der Waals surface area contributed by atoms with Crippen molar-refractivity contribution in [1.82, 2.24) is 19.7 Å². The fraction of sp³-hybridized carbons (Fsp3) is 0.333. The lowest BCUT2D eigenvalue weighted by Gasteiger charge is -2.27. The first-order chi connectivity index (χ1) is 11.1. The van der Waals surface area contributed by atoms with Gasteiger partial charge in [-0.1, -0.05) is 18.2 Å². The van der Waals surface area contributed by atoms with E-state index in [0.29, 0.717) is 13.1 Å². The van der Waals surface area contributed by atoms with Gasteiger partial charge < -0.3 is 9.88 Å². The van der Waals surface area contributed by atoms with Crippen molar-refractivity contribution >= 4 is 16.8 Å². The number of hydrogen-bond donors (Lipinski definition) is 1. The van der Waals surface area contributed by atoms with Crippen molar-refractivity contribution < 1.29 is 4.79 Å². The molecule has 1 aliphatic heterocycles. The van der Waals surface area contributed by atoms with Gasteiger partial charge in [0, 0.05) is 47.4 Å². The number of aromatic amines is 1. The molecule has 0 saturated heterocycles. The van der Waals surface area contributed by atoms with Crippen LogP contribution in [0.1, 0.15) is 22.6 Å². The summed E-state index contributed by atoms with van der Waals surface area (Å²) in [5, 5.41) is 5.62. The van der Waals surface area contributed by atoms with Crippen LogP contribution in [0.3, 0.4) is 0 Å². The molecule has 0 aliphatic carbocycles. The van der Waals surface area contributed by atoms with E-state index < -0.39 is 0 Å². The van der Waals surface area contributed by atoms with Gasteiger partial charge in [0.15, 0.2) is 0 Å². The molecule has 0 bridgehead atoms. The molecule has 23 heavy (non-hydrogen) atoms. The number of para-hydroxylation sites is 1. The molecule has 1 aliphatic rings. The molecule has 0 saturated carbocycles. The highest BCUT2D eigenvalue weighted by Crippen LogP contribution is 2.27. The van der Waals surface area contributed by atoms with Gasteiger partial charge in [0.05, 0.1) is 5.69 Å². The van der Waals surface area contributed by atoms with Crippen LogP contribution in [0.25, 0.3) is 10.9 Å². The summed E-state index contributed by atoms with van der Waals surface area (Å²) in [6, 6.07) is 10.3. The molecule has 1 aromatic carbocycles. The molecule has 1 N–H and O–H groups in total. The minimum atomic E-state index is 0.132. The molecule has 118 valence electrons. The van der Waals surface area contributed by atoms with Crippen LogP contribution < -0.4 is 0 Å². The molecule has 5 nitrogen and oxygen atoms in total. The number of H-pyrrole nitrogens is 1. The molecule has 0 radical (unpaired) electrons. The summed E-state index contributed by atoms with van der Waals surface area (Å²) in [6.07, 6.45) is 0.882. The molecule has 2 aromatic heterocycles. The van der Waals surface area contributed by atoms with Crippen LogP contribution in [-0.2, 0) is 24.3 Å². The Bertz CT molecular complexity index is 890. The van der Waals surface area contributed by atoms with Gasteiger partial charge in [-0.3, -0.25) is 9.48 Å². The SMILES string of the molecule is Cc1cc(C)n(CC(=O)N2CCc3[nH]c4ccccc4c3C2)n1. The van der Waals surface area contributed by atoms with Gasteiger partial charge in [0.2, 0.25) is 5.91 Å². The maximum absolute atomic E-state index is 12.7. The van der Waals surface area contributed by atoms with Crippen LogP contribution in [0.4, 0.5) is 0 Å². The fourth-order valence-corrected chi connectivity index (χ4v) is 3.44. The Morgan fingerprint density at radius 1 is 1.30 bits per heavy atom. The highest BCUT2D eigenvalue weighted by molar-refractivity contribution is 5.86. The number of hydrogen-bond acceptors (Lipinski definition) is 2. The van der Waals surface area contributed by atoms with E-state index in [1.165, 1.54) is 16.6 Å². The second-order valence-electron chi connectivity index (χ2n) is 6.28. The number of carbonyl (C=O) groups is 1. The van der Waals surface area contributed by atoms with Crippen molar-refractivity contribution in [3.05, 3.63) is 53.0 Å². The number of fused-ring (bicyclic) bond motifs is 3. The number of nitrogens with zero attached hydrogens (tertiary/aromatic N) is 3. The number of nitrogens with one attached hydrogen (secondary N) is 1. The van der Waals surface area contributed by atoms with Crippen LogP contribution in [0.5, 0.6) is 0 Å². The normalized spacial score (nSPS) is 14.3. The van der Waals surface area contributed by atoms with Gasteiger partial charge in [-0.2, -0.15) is 5.10 Å². The maximum Gasteiger partial charge on any atom is 0.244 e. The number of aromatic nitrogens is 3. The molecular formula is C18H20N4O. The summed E-state index contributed by atoms with van der Waals surface area (Å²) >= 11 is 0. The monoisotopic (exact) mass is 308 g/mol. The predicted molar refractivity (Wildman–Crippen MR) is 89.1 cm³/mol. The molecule has 3 heterocycles. The van der Waals surface area contributed by atoms with Crippen molar-refractivity contribution in [2.45, 2.75) is 33.4 Å². The first-order valence-electron chi connectivity index (χ1n) is 7.99. The number of carbonyl (C=O) groups excluding carboxylic acids is 1. The van der Waals surface area contributed by atoms with Gasteiger partial charge in [0.1, 0.15) is 6.54 Å². The van der Waals surface area contributed by atoms with Crippen LogP contribution in [0.2, 0.25) is 0 Å². The fourth-order valence-electron chi connectivity index (χ4n) is 3.44. The number of amides is 1. The molecule has 0 fully saturated rings. The number of benzene rings is 1. The summed E-state index contributed by atoms with van der Waals surface area (Å²) in [7, 11) is 0. The third-order valence-corrected chi connectivity index (χ3v) is 4.62. The van der Waals surface area contributed by atoms with Gasteiger partial charge in [0.25, 0.3) is 0 Å². The third kappa shape index (κ3) is 2.42. The Labute approximate surface area is 134 Å². The lowest BCUT2D eigenvalue weighted by molar-refractivity contribution is -0.133. The average Bonchev–Trinajstić information content (AvgIpc) is 3.06. The smallest absolute Gasteiger partial charge is 0.244 e. The van der Waals surface area contributed by atoms with Crippen molar-refractivity contribution in [1.29, 1.82) is 0 Å². The zero-order valence-corrected chi connectivity index (χ0v) is 13.5. The molecule has 3 aromatic rings. The summed E-state index contributed by atoms with van der Waals surface area (Å²) in [4.78, 5) is 18.1. The van der Waals surface area contributed by atoms with E-state index in [1.807, 2.05) is 36.9 Å². The summed E-state index contributed by atoms with van der Waals surface area (Å²) < 4.78 is 1.79. The lowest BCUT2D eigenvalue weighted by Crippen LogP contribution is -2.38. The molecule has 5 heteroatoms. The minimum absolute atomic E-state index is 0.132. The van der Waals surface area contributed by atoms with E-state index in [4.69, 9.17) is 0 Å². The largest absolute Gasteiger partial charge is 0.358 e. The van der Waals surface area contributed by atoms with E-state index in [-0.39, 0.29) is 5.91 Å². The zero-order valence-electron chi connectivity index (χ0n) is 13.5. The molecular weight excluding hydrogens is 288 g/mol. The van der Waals surface area contributed by atoms with Gasteiger partial charge >= 0.3 is 0 Å². The predicted octanol–water partition coefficient (Wildman–Crippen LogP) is 2.57. The van der Waals surface area contributed by atoms with E-state index in [0.717, 1.165) is 29.9 Å². The quantitative estimate of drug-likeness (QED) is 0.791. The lowest BCUT2D eigenvalue weighted by atomic mass is 10.0. The van der Waals surface area contributed by atoms with Crippen molar-refractivity contribution in [3.8, 4) is 0 Å². The van der Waals surface area contributed by atoms with Crippen molar-refractivity contribution in [3.63, 3.8) is 0 Å². The Balaban J connectivity index is 1.57. The molecule has 0 unspecified atom stereocenters. The second kappa shape index (κ2) is 5.26. The highest BCUT2D eigenvalue weighted by Gasteiger charge is 2.24. The van der Waals surface area contributed by atoms with Gasteiger partial charge in [-0.15, -0.1) is 0 Å². The van der Waals surface area contributed by atoms with E-state index in [9.17, 15) is 4.79 Å². The van der Waals surface area contributed by atoms with E-state index >= 15 is 0 Å². The Hall–Kier alpha value is -2.56. The second-order valence-corrected chi connectivity index (χ2v) is 6.28. The van der Waals surface area contributed by atoms with Crippen LogP contribution >= 0.6 is 0 Å². The van der Waals surface area contributed by atoms with Crippen LogP contribution in [-0.4, -0.2) is 32.1 Å². The molecule has 4 rings (SSSR count). The molecule has 0 spiro atoms. The topological polar surface area (TPSA) is 53.9 Å². The summed E-state index contributed by atoms with van der Waals surface area (Å²) in [5.41, 5.74) is 5.66.